The average molecular weight is 333 g/mol. The van der Waals surface area contributed by atoms with E-state index in [1.165, 1.54) is 0 Å². The summed E-state index contributed by atoms with van der Waals surface area (Å²) < 4.78 is 1.89. The number of nitrogens with one attached hydrogen (secondary N) is 1. The van der Waals surface area contributed by atoms with Crippen LogP contribution in [0.15, 0.2) is 60.7 Å². The summed E-state index contributed by atoms with van der Waals surface area (Å²) in [7, 11) is 0. The number of para-hydroxylation sites is 1. The largest absolute Gasteiger partial charge is 0.347 e. The van der Waals surface area contributed by atoms with Crippen LogP contribution in [-0.4, -0.2) is 21.2 Å². The quantitative estimate of drug-likeness (QED) is 0.773. The summed E-state index contributed by atoms with van der Waals surface area (Å²) in [6, 6.07) is 19.6. The van der Waals surface area contributed by atoms with Gasteiger partial charge in [-0.05, 0) is 52.0 Å². The van der Waals surface area contributed by atoms with Gasteiger partial charge in [-0.25, -0.2) is 4.68 Å². The van der Waals surface area contributed by atoms with Crippen LogP contribution < -0.4 is 5.32 Å². The molecule has 2 aromatic carbocycles. The zero-order valence-electron chi connectivity index (χ0n) is 15.1. The second kappa shape index (κ2) is 6.55. The molecule has 0 fully saturated rings. The molecule has 0 saturated heterocycles. The molecule has 3 aromatic rings. The number of nitrogens with zero attached hydrogens (tertiary/aromatic N) is 2. The van der Waals surface area contributed by atoms with E-state index in [-0.39, 0.29) is 11.4 Å². The van der Waals surface area contributed by atoms with Gasteiger partial charge in [-0.15, -0.1) is 0 Å². The zero-order valence-corrected chi connectivity index (χ0v) is 15.1. The van der Waals surface area contributed by atoms with Gasteiger partial charge in [0.05, 0.1) is 17.1 Å². The highest BCUT2D eigenvalue weighted by Crippen LogP contribution is 2.27. The lowest BCUT2D eigenvalue weighted by Crippen LogP contribution is -2.40. The molecular weight excluding hydrogens is 310 g/mol. The first-order valence-electron chi connectivity index (χ1n) is 8.39. The van der Waals surface area contributed by atoms with Crippen molar-refractivity contribution in [1.82, 2.24) is 15.1 Å². The number of carbonyl (C=O) groups is 1. The number of rotatable bonds is 3. The molecule has 0 saturated carbocycles. The summed E-state index contributed by atoms with van der Waals surface area (Å²) in [6.07, 6.45) is 0. The van der Waals surface area contributed by atoms with Crippen molar-refractivity contribution in [3.63, 3.8) is 0 Å². The lowest BCUT2D eigenvalue weighted by molar-refractivity contribution is 0.0920. The molecular formula is C21H23N3O. The van der Waals surface area contributed by atoms with Crippen LogP contribution in [0.1, 0.15) is 36.8 Å². The van der Waals surface area contributed by atoms with Crippen LogP contribution in [0.25, 0.3) is 16.9 Å². The molecule has 1 aromatic heterocycles. The SMILES string of the molecule is Cc1cc(-c2ccccc2C(=O)NC(C)(C)C)n(-c2ccccc2)n1. The molecule has 4 heteroatoms. The van der Waals surface area contributed by atoms with Crippen molar-refractivity contribution in [3.8, 4) is 16.9 Å². The van der Waals surface area contributed by atoms with Gasteiger partial charge in [-0.3, -0.25) is 4.79 Å². The van der Waals surface area contributed by atoms with Crippen molar-refractivity contribution in [2.75, 3.05) is 0 Å². The first kappa shape index (κ1) is 17.0. The third-order valence-electron chi connectivity index (χ3n) is 3.77. The van der Waals surface area contributed by atoms with Gasteiger partial charge in [0.1, 0.15) is 0 Å². The second-order valence-electron chi connectivity index (χ2n) is 7.17. The molecule has 0 bridgehead atoms. The molecule has 25 heavy (non-hydrogen) atoms. The first-order chi connectivity index (χ1) is 11.8. The lowest BCUT2D eigenvalue weighted by Gasteiger charge is -2.21. The minimum atomic E-state index is -0.292. The number of amides is 1. The van der Waals surface area contributed by atoms with Gasteiger partial charge in [-0.2, -0.15) is 5.10 Å². The predicted molar refractivity (Wildman–Crippen MR) is 101 cm³/mol. The highest BCUT2D eigenvalue weighted by atomic mass is 16.1. The van der Waals surface area contributed by atoms with E-state index in [4.69, 9.17) is 0 Å². The highest BCUT2D eigenvalue weighted by Gasteiger charge is 2.20. The van der Waals surface area contributed by atoms with Crippen LogP contribution in [-0.2, 0) is 0 Å². The van der Waals surface area contributed by atoms with E-state index in [1.807, 2.05) is 93.0 Å². The van der Waals surface area contributed by atoms with Crippen molar-refractivity contribution in [2.45, 2.75) is 33.2 Å². The number of hydrogen-bond donors (Lipinski definition) is 1. The molecule has 1 amide bonds. The van der Waals surface area contributed by atoms with Crippen LogP contribution in [0.4, 0.5) is 0 Å². The Kier molecular flexibility index (Phi) is 4.45. The van der Waals surface area contributed by atoms with Gasteiger partial charge in [-0.1, -0.05) is 36.4 Å². The molecule has 0 spiro atoms. The third-order valence-corrected chi connectivity index (χ3v) is 3.77. The average Bonchev–Trinajstić information content (AvgIpc) is 2.96. The van der Waals surface area contributed by atoms with Gasteiger partial charge in [0, 0.05) is 16.7 Å². The fourth-order valence-electron chi connectivity index (χ4n) is 2.77. The Labute approximate surface area is 148 Å². The topological polar surface area (TPSA) is 46.9 Å². The standard InChI is InChI=1S/C21H23N3O/c1-15-14-19(24(23-15)16-10-6-5-7-11-16)17-12-8-9-13-18(17)20(25)22-21(2,3)4/h5-14H,1-4H3,(H,22,25). The van der Waals surface area contributed by atoms with Crippen LogP contribution in [0.3, 0.4) is 0 Å². The van der Waals surface area contributed by atoms with Crippen molar-refractivity contribution in [2.24, 2.45) is 0 Å². The van der Waals surface area contributed by atoms with Gasteiger partial charge in [0.25, 0.3) is 5.91 Å². The molecule has 4 nitrogen and oxygen atoms in total. The smallest absolute Gasteiger partial charge is 0.252 e. The van der Waals surface area contributed by atoms with E-state index in [1.54, 1.807) is 0 Å². The maximum absolute atomic E-state index is 12.8. The van der Waals surface area contributed by atoms with Crippen LogP contribution in [0, 0.1) is 6.92 Å². The Morgan fingerprint density at radius 2 is 1.64 bits per heavy atom. The minimum absolute atomic E-state index is 0.0819. The molecule has 0 radical (unpaired) electrons. The Morgan fingerprint density at radius 3 is 2.32 bits per heavy atom. The van der Waals surface area contributed by atoms with E-state index >= 15 is 0 Å². The maximum Gasteiger partial charge on any atom is 0.252 e. The number of hydrogen-bond acceptors (Lipinski definition) is 2. The Morgan fingerprint density at radius 1 is 1.00 bits per heavy atom. The van der Waals surface area contributed by atoms with Gasteiger partial charge >= 0.3 is 0 Å². The number of aromatic nitrogens is 2. The van der Waals surface area contributed by atoms with Crippen LogP contribution in [0.5, 0.6) is 0 Å². The number of benzene rings is 2. The zero-order chi connectivity index (χ0) is 18.0. The third kappa shape index (κ3) is 3.79. The Balaban J connectivity index is 2.12. The molecule has 3 rings (SSSR count). The summed E-state index contributed by atoms with van der Waals surface area (Å²) in [4.78, 5) is 12.8. The second-order valence-corrected chi connectivity index (χ2v) is 7.17. The van der Waals surface area contributed by atoms with Crippen molar-refractivity contribution < 1.29 is 4.79 Å². The van der Waals surface area contributed by atoms with Crippen molar-refractivity contribution >= 4 is 5.91 Å². The summed E-state index contributed by atoms with van der Waals surface area (Å²) >= 11 is 0. The van der Waals surface area contributed by atoms with Crippen LogP contribution in [0.2, 0.25) is 0 Å². The fourth-order valence-corrected chi connectivity index (χ4v) is 2.77. The number of carbonyl (C=O) groups excluding carboxylic acids is 1. The Bertz CT molecular complexity index is 889. The lowest BCUT2D eigenvalue weighted by atomic mass is 10.0. The van der Waals surface area contributed by atoms with E-state index in [0.29, 0.717) is 5.56 Å². The summed E-state index contributed by atoms with van der Waals surface area (Å²) in [5.74, 6) is -0.0819. The molecule has 128 valence electrons. The van der Waals surface area contributed by atoms with E-state index in [0.717, 1.165) is 22.6 Å². The molecule has 1 N–H and O–H groups in total. The summed E-state index contributed by atoms with van der Waals surface area (Å²) in [5, 5.41) is 7.66. The molecule has 0 aliphatic rings. The molecule has 1 heterocycles. The molecule has 0 atom stereocenters. The first-order valence-corrected chi connectivity index (χ1v) is 8.39. The predicted octanol–water partition coefficient (Wildman–Crippen LogP) is 4.38. The maximum atomic E-state index is 12.8. The van der Waals surface area contributed by atoms with Crippen molar-refractivity contribution in [3.05, 3.63) is 71.9 Å². The summed E-state index contributed by atoms with van der Waals surface area (Å²) in [6.45, 7) is 7.89. The van der Waals surface area contributed by atoms with Crippen molar-refractivity contribution in [1.29, 1.82) is 0 Å². The van der Waals surface area contributed by atoms with Gasteiger partial charge in [0.2, 0.25) is 0 Å². The van der Waals surface area contributed by atoms with Crippen LogP contribution >= 0.6 is 0 Å². The van der Waals surface area contributed by atoms with Gasteiger partial charge < -0.3 is 5.32 Å². The monoisotopic (exact) mass is 333 g/mol. The minimum Gasteiger partial charge on any atom is -0.347 e. The van der Waals surface area contributed by atoms with E-state index < -0.39 is 0 Å². The highest BCUT2D eigenvalue weighted by molar-refractivity contribution is 6.01. The van der Waals surface area contributed by atoms with E-state index in [2.05, 4.69) is 10.4 Å². The molecule has 0 aliphatic heterocycles. The number of aryl methyl sites for hydroxylation is 1. The summed E-state index contributed by atoms with van der Waals surface area (Å²) in [5.41, 5.74) is 4.01. The van der Waals surface area contributed by atoms with Gasteiger partial charge in [0.15, 0.2) is 0 Å². The molecule has 0 aliphatic carbocycles. The fraction of sp³-hybridized carbons (Fsp3) is 0.238. The Hall–Kier alpha value is -2.88. The molecule has 0 unspecified atom stereocenters. The normalized spacial score (nSPS) is 11.4. The van der Waals surface area contributed by atoms with E-state index in [9.17, 15) is 4.79 Å².